The summed E-state index contributed by atoms with van der Waals surface area (Å²) in [5.74, 6) is 1.01. The predicted octanol–water partition coefficient (Wildman–Crippen LogP) is 4.13. The van der Waals surface area contributed by atoms with Crippen molar-refractivity contribution in [2.75, 3.05) is 0 Å². The van der Waals surface area contributed by atoms with Crippen LogP contribution in [0.15, 0.2) is 41.1 Å². The van der Waals surface area contributed by atoms with E-state index >= 15 is 0 Å². The van der Waals surface area contributed by atoms with E-state index in [1.165, 1.54) is 9.75 Å². The Kier molecular flexibility index (Phi) is 2.33. The standard InChI is InChI=1S/C12H9BrN2S/c1-8-2-5-11(16-8)12-14-6-10-4-3-9(13)7-15(10)12/h2-7H,1H3. The van der Waals surface area contributed by atoms with E-state index in [2.05, 4.69) is 50.4 Å². The van der Waals surface area contributed by atoms with Gasteiger partial charge in [0.15, 0.2) is 5.82 Å². The Labute approximate surface area is 106 Å². The van der Waals surface area contributed by atoms with Gasteiger partial charge in [0.2, 0.25) is 0 Å². The zero-order chi connectivity index (χ0) is 11.1. The molecule has 0 N–H and O–H groups in total. The molecule has 80 valence electrons. The quantitative estimate of drug-likeness (QED) is 0.659. The van der Waals surface area contributed by atoms with Gasteiger partial charge in [0.05, 0.1) is 16.6 Å². The normalized spacial score (nSPS) is 11.1. The second kappa shape index (κ2) is 3.71. The van der Waals surface area contributed by atoms with Gasteiger partial charge in [-0.3, -0.25) is 4.40 Å². The molecule has 3 heterocycles. The monoisotopic (exact) mass is 292 g/mol. The van der Waals surface area contributed by atoms with E-state index in [-0.39, 0.29) is 0 Å². The van der Waals surface area contributed by atoms with Crippen LogP contribution >= 0.6 is 27.3 Å². The Morgan fingerprint density at radius 2 is 2.12 bits per heavy atom. The van der Waals surface area contributed by atoms with Crippen molar-refractivity contribution in [2.45, 2.75) is 6.92 Å². The van der Waals surface area contributed by atoms with E-state index in [0.29, 0.717) is 0 Å². The molecule has 0 saturated heterocycles. The lowest BCUT2D eigenvalue weighted by molar-refractivity contribution is 1.16. The largest absolute Gasteiger partial charge is 0.298 e. The van der Waals surface area contributed by atoms with Crippen LogP contribution in [0.25, 0.3) is 16.2 Å². The van der Waals surface area contributed by atoms with Crippen LogP contribution < -0.4 is 0 Å². The highest BCUT2D eigenvalue weighted by molar-refractivity contribution is 9.10. The lowest BCUT2D eigenvalue weighted by atomic mass is 10.4. The second-order valence-electron chi connectivity index (χ2n) is 3.63. The fourth-order valence-electron chi connectivity index (χ4n) is 1.70. The first-order valence-corrected chi connectivity index (χ1v) is 6.54. The first kappa shape index (κ1) is 10.1. The minimum Gasteiger partial charge on any atom is -0.298 e. The summed E-state index contributed by atoms with van der Waals surface area (Å²) in [6.07, 6.45) is 3.95. The summed E-state index contributed by atoms with van der Waals surface area (Å²) in [6, 6.07) is 8.33. The van der Waals surface area contributed by atoms with Gasteiger partial charge in [-0.1, -0.05) is 0 Å². The third kappa shape index (κ3) is 1.58. The van der Waals surface area contributed by atoms with Gasteiger partial charge < -0.3 is 0 Å². The van der Waals surface area contributed by atoms with Crippen molar-refractivity contribution in [3.8, 4) is 10.7 Å². The number of thiophene rings is 1. The highest BCUT2D eigenvalue weighted by atomic mass is 79.9. The van der Waals surface area contributed by atoms with Gasteiger partial charge in [0.25, 0.3) is 0 Å². The second-order valence-corrected chi connectivity index (χ2v) is 5.84. The average Bonchev–Trinajstić information content (AvgIpc) is 2.83. The molecule has 0 unspecified atom stereocenters. The molecular formula is C12H9BrN2S. The molecule has 0 aliphatic carbocycles. The lowest BCUT2D eigenvalue weighted by Gasteiger charge is -1.99. The Bertz CT molecular complexity index is 654. The van der Waals surface area contributed by atoms with Crippen LogP contribution in [0.1, 0.15) is 4.88 Å². The molecule has 0 spiro atoms. The zero-order valence-corrected chi connectivity index (χ0v) is 11.0. The molecule has 16 heavy (non-hydrogen) atoms. The van der Waals surface area contributed by atoms with E-state index in [9.17, 15) is 0 Å². The molecule has 0 fully saturated rings. The van der Waals surface area contributed by atoms with E-state index in [0.717, 1.165) is 15.8 Å². The number of hydrogen-bond acceptors (Lipinski definition) is 2. The molecule has 3 rings (SSSR count). The van der Waals surface area contributed by atoms with Crippen molar-refractivity contribution < 1.29 is 0 Å². The number of rotatable bonds is 1. The van der Waals surface area contributed by atoms with Gasteiger partial charge in [0.1, 0.15) is 0 Å². The van der Waals surface area contributed by atoms with Gasteiger partial charge in [-0.15, -0.1) is 11.3 Å². The first-order chi connectivity index (χ1) is 7.74. The van der Waals surface area contributed by atoms with Crippen LogP contribution in [-0.4, -0.2) is 9.38 Å². The van der Waals surface area contributed by atoms with Gasteiger partial charge in [-0.2, -0.15) is 0 Å². The molecule has 2 nitrogen and oxygen atoms in total. The van der Waals surface area contributed by atoms with Gasteiger partial charge >= 0.3 is 0 Å². The molecular weight excluding hydrogens is 284 g/mol. The fraction of sp³-hybridized carbons (Fsp3) is 0.0833. The number of nitrogens with zero attached hydrogens (tertiary/aromatic N) is 2. The maximum Gasteiger partial charge on any atom is 0.154 e. The van der Waals surface area contributed by atoms with Crippen molar-refractivity contribution in [1.29, 1.82) is 0 Å². The van der Waals surface area contributed by atoms with Crippen molar-refractivity contribution in [2.24, 2.45) is 0 Å². The number of fused-ring (bicyclic) bond motifs is 1. The molecule has 0 aliphatic heterocycles. The molecule has 0 aromatic carbocycles. The van der Waals surface area contributed by atoms with Gasteiger partial charge in [-0.05, 0) is 47.1 Å². The van der Waals surface area contributed by atoms with E-state index in [1.54, 1.807) is 11.3 Å². The van der Waals surface area contributed by atoms with Crippen LogP contribution in [-0.2, 0) is 0 Å². The van der Waals surface area contributed by atoms with E-state index in [1.807, 2.05) is 18.5 Å². The zero-order valence-electron chi connectivity index (χ0n) is 8.64. The number of imidazole rings is 1. The first-order valence-electron chi connectivity index (χ1n) is 4.93. The van der Waals surface area contributed by atoms with E-state index < -0.39 is 0 Å². The Morgan fingerprint density at radius 1 is 1.25 bits per heavy atom. The number of aromatic nitrogens is 2. The molecule has 0 amide bonds. The third-order valence-corrected chi connectivity index (χ3v) is 3.92. The van der Waals surface area contributed by atoms with Crippen molar-refractivity contribution in [3.63, 3.8) is 0 Å². The Hall–Kier alpha value is -1.13. The Balaban J connectivity index is 2.27. The maximum atomic E-state index is 4.47. The van der Waals surface area contributed by atoms with E-state index in [4.69, 9.17) is 0 Å². The summed E-state index contributed by atoms with van der Waals surface area (Å²) in [5, 5.41) is 0. The fourth-order valence-corrected chi connectivity index (χ4v) is 2.90. The summed E-state index contributed by atoms with van der Waals surface area (Å²) >= 11 is 5.25. The van der Waals surface area contributed by atoms with Crippen molar-refractivity contribution in [3.05, 3.63) is 46.0 Å². The lowest BCUT2D eigenvalue weighted by Crippen LogP contribution is -1.86. The average molecular weight is 293 g/mol. The van der Waals surface area contributed by atoms with Crippen LogP contribution in [0, 0.1) is 6.92 Å². The molecule has 0 bridgehead atoms. The third-order valence-electron chi connectivity index (χ3n) is 2.45. The molecule has 0 aliphatic rings. The van der Waals surface area contributed by atoms with Crippen molar-refractivity contribution >= 4 is 32.8 Å². The van der Waals surface area contributed by atoms with Gasteiger partial charge in [0, 0.05) is 15.5 Å². The summed E-state index contributed by atoms with van der Waals surface area (Å²) in [4.78, 5) is 6.98. The molecule has 4 heteroatoms. The summed E-state index contributed by atoms with van der Waals surface area (Å²) < 4.78 is 3.17. The molecule has 3 aromatic rings. The maximum absolute atomic E-state index is 4.47. The molecule has 0 atom stereocenters. The minimum absolute atomic E-state index is 1.01. The predicted molar refractivity (Wildman–Crippen MR) is 70.9 cm³/mol. The Morgan fingerprint density at radius 3 is 2.88 bits per heavy atom. The molecule has 3 aromatic heterocycles. The molecule has 0 saturated carbocycles. The number of pyridine rings is 1. The van der Waals surface area contributed by atoms with Crippen molar-refractivity contribution in [1.82, 2.24) is 9.38 Å². The topological polar surface area (TPSA) is 17.3 Å². The SMILES string of the molecule is Cc1ccc(-c2ncc3ccc(Br)cn23)s1. The summed E-state index contributed by atoms with van der Waals surface area (Å²) in [7, 11) is 0. The van der Waals surface area contributed by atoms with Gasteiger partial charge in [-0.25, -0.2) is 4.98 Å². The summed E-state index contributed by atoms with van der Waals surface area (Å²) in [5.41, 5.74) is 1.12. The number of aryl methyl sites for hydroxylation is 1. The highest BCUT2D eigenvalue weighted by Gasteiger charge is 2.08. The highest BCUT2D eigenvalue weighted by Crippen LogP contribution is 2.28. The number of halogens is 1. The smallest absolute Gasteiger partial charge is 0.154 e. The van der Waals surface area contributed by atoms with Crippen LogP contribution in [0.3, 0.4) is 0 Å². The summed E-state index contributed by atoms with van der Waals surface area (Å²) in [6.45, 7) is 2.11. The number of hydrogen-bond donors (Lipinski definition) is 0. The van der Waals surface area contributed by atoms with Crippen LogP contribution in [0.2, 0.25) is 0 Å². The van der Waals surface area contributed by atoms with Crippen LogP contribution in [0.4, 0.5) is 0 Å². The van der Waals surface area contributed by atoms with Crippen LogP contribution in [0.5, 0.6) is 0 Å². The minimum atomic E-state index is 1.01. The molecule has 0 radical (unpaired) electrons.